The molecule has 2 rings (SSSR count). The van der Waals surface area contributed by atoms with Gasteiger partial charge in [0.1, 0.15) is 6.61 Å². The third-order valence-electron chi connectivity index (χ3n) is 4.21. The van der Waals surface area contributed by atoms with E-state index < -0.39 is 0 Å². The average molecular weight is 292 g/mol. The second-order valence-corrected chi connectivity index (χ2v) is 5.62. The van der Waals surface area contributed by atoms with Gasteiger partial charge >= 0.3 is 0 Å². The van der Waals surface area contributed by atoms with E-state index in [2.05, 4.69) is 4.90 Å². The first-order chi connectivity index (χ1) is 10.3. The van der Waals surface area contributed by atoms with Crippen LogP contribution in [0, 0.1) is 0 Å². The molecule has 1 aromatic carbocycles. The maximum Gasteiger partial charge on any atom is 0.161 e. The molecule has 0 aromatic heterocycles. The Hall–Kier alpha value is -1.26. The number of hydrogen-bond donors (Lipinski definition) is 1. The maximum atomic E-state index is 5.89. The highest BCUT2D eigenvalue weighted by Gasteiger charge is 2.20. The van der Waals surface area contributed by atoms with Crippen molar-refractivity contribution in [2.24, 2.45) is 5.73 Å². The largest absolute Gasteiger partial charge is 0.493 e. The van der Waals surface area contributed by atoms with Gasteiger partial charge in [0.25, 0.3) is 0 Å². The minimum atomic E-state index is 0.677. The molecule has 0 amide bonds. The molecule has 1 fully saturated rings. The Bertz CT molecular complexity index is 406. The molecule has 0 aliphatic heterocycles. The second kappa shape index (κ2) is 8.90. The highest BCUT2D eigenvalue weighted by molar-refractivity contribution is 5.39. The molecule has 0 atom stereocenters. The summed E-state index contributed by atoms with van der Waals surface area (Å²) in [5.41, 5.74) is 5.76. The number of nitrogens with two attached hydrogens (primary N) is 1. The molecule has 0 unspecified atom stereocenters. The molecule has 21 heavy (non-hydrogen) atoms. The zero-order chi connectivity index (χ0) is 14.9. The smallest absolute Gasteiger partial charge is 0.161 e. The van der Waals surface area contributed by atoms with E-state index in [4.69, 9.17) is 15.2 Å². The van der Waals surface area contributed by atoms with Gasteiger partial charge in [0.15, 0.2) is 11.5 Å². The minimum Gasteiger partial charge on any atom is -0.493 e. The third-order valence-corrected chi connectivity index (χ3v) is 4.21. The fraction of sp³-hybridized carbons (Fsp3) is 0.647. The molecule has 4 heteroatoms. The Labute approximate surface area is 128 Å². The van der Waals surface area contributed by atoms with Crippen molar-refractivity contribution in [3.63, 3.8) is 0 Å². The Morgan fingerprint density at radius 1 is 1.10 bits per heavy atom. The molecule has 0 spiro atoms. The van der Waals surface area contributed by atoms with Crippen LogP contribution in [0.1, 0.15) is 32.1 Å². The average Bonchev–Trinajstić information content (AvgIpc) is 2.55. The lowest BCUT2D eigenvalue weighted by Crippen LogP contribution is -2.42. The zero-order valence-electron chi connectivity index (χ0n) is 13.1. The number of ether oxygens (including phenoxy) is 2. The number of para-hydroxylation sites is 2. The van der Waals surface area contributed by atoms with Crippen LogP contribution in [0.2, 0.25) is 0 Å². The van der Waals surface area contributed by atoms with Crippen molar-refractivity contribution < 1.29 is 9.47 Å². The quantitative estimate of drug-likeness (QED) is 0.800. The summed E-state index contributed by atoms with van der Waals surface area (Å²) in [6.07, 6.45) is 6.67. The first-order valence-corrected chi connectivity index (χ1v) is 8.05. The van der Waals surface area contributed by atoms with E-state index in [1.165, 1.54) is 32.1 Å². The molecule has 1 saturated carbocycles. The normalized spacial score (nSPS) is 16.1. The van der Waals surface area contributed by atoms with Crippen LogP contribution in [0.3, 0.4) is 0 Å². The van der Waals surface area contributed by atoms with Gasteiger partial charge in [-0.3, -0.25) is 4.90 Å². The van der Waals surface area contributed by atoms with Crippen molar-refractivity contribution >= 4 is 0 Å². The minimum absolute atomic E-state index is 0.677. The van der Waals surface area contributed by atoms with Crippen LogP contribution in [0.4, 0.5) is 0 Å². The predicted octanol–water partition coefficient (Wildman–Crippen LogP) is 2.67. The molecular weight excluding hydrogens is 264 g/mol. The summed E-state index contributed by atoms with van der Waals surface area (Å²) in [6.45, 7) is 3.28. The van der Waals surface area contributed by atoms with Gasteiger partial charge in [-0.05, 0) is 25.0 Å². The highest BCUT2D eigenvalue weighted by Crippen LogP contribution is 2.26. The summed E-state index contributed by atoms with van der Waals surface area (Å²) >= 11 is 0. The first-order valence-electron chi connectivity index (χ1n) is 8.05. The van der Waals surface area contributed by atoms with Crippen LogP contribution in [0.5, 0.6) is 11.5 Å². The van der Waals surface area contributed by atoms with Gasteiger partial charge in [0, 0.05) is 25.7 Å². The number of hydrogen-bond acceptors (Lipinski definition) is 4. The van der Waals surface area contributed by atoms with Crippen molar-refractivity contribution in [2.45, 2.75) is 38.1 Å². The van der Waals surface area contributed by atoms with Gasteiger partial charge in [0.05, 0.1) is 7.11 Å². The SMILES string of the molecule is COc1ccccc1OCCN(CCN)C1CCCCC1. The molecule has 0 saturated heterocycles. The van der Waals surface area contributed by atoms with Crippen LogP contribution in [-0.2, 0) is 0 Å². The Morgan fingerprint density at radius 2 is 1.81 bits per heavy atom. The lowest BCUT2D eigenvalue weighted by Gasteiger charge is -2.34. The predicted molar refractivity (Wildman–Crippen MR) is 86.0 cm³/mol. The Morgan fingerprint density at radius 3 is 2.48 bits per heavy atom. The fourth-order valence-corrected chi connectivity index (χ4v) is 3.10. The second-order valence-electron chi connectivity index (χ2n) is 5.62. The van der Waals surface area contributed by atoms with Crippen LogP contribution >= 0.6 is 0 Å². The van der Waals surface area contributed by atoms with E-state index in [0.717, 1.165) is 24.6 Å². The molecule has 1 aliphatic rings. The molecular formula is C17H28N2O2. The van der Waals surface area contributed by atoms with Crippen molar-refractivity contribution in [3.8, 4) is 11.5 Å². The van der Waals surface area contributed by atoms with Gasteiger partial charge in [-0.15, -0.1) is 0 Å². The van der Waals surface area contributed by atoms with E-state index in [1.54, 1.807) is 7.11 Å². The molecule has 1 aromatic rings. The van der Waals surface area contributed by atoms with Crippen LogP contribution in [0.15, 0.2) is 24.3 Å². The lowest BCUT2D eigenvalue weighted by molar-refractivity contribution is 0.133. The molecule has 4 nitrogen and oxygen atoms in total. The van der Waals surface area contributed by atoms with Crippen LogP contribution < -0.4 is 15.2 Å². The zero-order valence-corrected chi connectivity index (χ0v) is 13.1. The number of benzene rings is 1. The Balaban J connectivity index is 1.83. The summed E-state index contributed by atoms with van der Waals surface area (Å²) in [4.78, 5) is 2.49. The summed E-state index contributed by atoms with van der Waals surface area (Å²) in [7, 11) is 1.67. The number of nitrogens with zero attached hydrogens (tertiary/aromatic N) is 1. The highest BCUT2D eigenvalue weighted by atomic mass is 16.5. The molecule has 0 radical (unpaired) electrons. The summed E-state index contributed by atoms with van der Waals surface area (Å²) < 4.78 is 11.2. The first kappa shape index (κ1) is 16.1. The van der Waals surface area contributed by atoms with Crippen LogP contribution in [-0.4, -0.2) is 44.3 Å². The molecule has 0 bridgehead atoms. The van der Waals surface area contributed by atoms with E-state index in [0.29, 0.717) is 19.2 Å². The Kier molecular flexibility index (Phi) is 6.83. The summed E-state index contributed by atoms with van der Waals surface area (Å²) in [5.74, 6) is 1.61. The van der Waals surface area contributed by atoms with Gasteiger partial charge < -0.3 is 15.2 Å². The van der Waals surface area contributed by atoms with Crippen molar-refractivity contribution in [2.75, 3.05) is 33.4 Å². The van der Waals surface area contributed by atoms with Crippen LogP contribution in [0.25, 0.3) is 0 Å². The molecule has 1 aliphatic carbocycles. The van der Waals surface area contributed by atoms with E-state index >= 15 is 0 Å². The monoisotopic (exact) mass is 292 g/mol. The van der Waals surface area contributed by atoms with Crippen molar-refractivity contribution in [1.82, 2.24) is 4.90 Å². The van der Waals surface area contributed by atoms with Crippen molar-refractivity contribution in [3.05, 3.63) is 24.3 Å². The summed E-state index contributed by atoms with van der Waals surface area (Å²) in [6, 6.07) is 8.48. The third kappa shape index (κ3) is 4.90. The topological polar surface area (TPSA) is 47.7 Å². The number of rotatable bonds is 8. The van der Waals surface area contributed by atoms with E-state index in [9.17, 15) is 0 Å². The molecule has 0 heterocycles. The fourth-order valence-electron chi connectivity index (χ4n) is 3.10. The molecule has 118 valence electrons. The van der Waals surface area contributed by atoms with E-state index in [1.807, 2.05) is 24.3 Å². The molecule has 2 N–H and O–H groups in total. The van der Waals surface area contributed by atoms with E-state index in [-0.39, 0.29) is 0 Å². The maximum absolute atomic E-state index is 5.89. The van der Waals surface area contributed by atoms with Crippen molar-refractivity contribution in [1.29, 1.82) is 0 Å². The van der Waals surface area contributed by atoms with Gasteiger partial charge in [0.2, 0.25) is 0 Å². The lowest BCUT2D eigenvalue weighted by atomic mass is 9.94. The van der Waals surface area contributed by atoms with Gasteiger partial charge in [-0.25, -0.2) is 0 Å². The standard InChI is InChI=1S/C17H28N2O2/c1-20-16-9-5-6-10-17(16)21-14-13-19(12-11-18)15-7-3-2-4-8-15/h5-6,9-10,15H,2-4,7-8,11-14,18H2,1H3. The number of methoxy groups -OCH3 is 1. The van der Waals surface area contributed by atoms with Gasteiger partial charge in [-0.2, -0.15) is 0 Å². The van der Waals surface area contributed by atoms with Gasteiger partial charge in [-0.1, -0.05) is 31.4 Å². The summed E-state index contributed by atoms with van der Waals surface area (Å²) in [5, 5.41) is 0.